The van der Waals surface area contributed by atoms with Gasteiger partial charge in [-0.25, -0.2) is 0 Å². The lowest BCUT2D eigenvalue weighted by molar-refractivity contribution is -0.575. The summed E-state index contributed by atoms with van der Waals surface area (Å²) >= 11 is 0. The molecule has 1 fully saturated rings. The monoisotopic (exact) mass is 399 g/mol. The third-order valence-corrected chi connectivity index (χ3v) is 6.15. The highest BCUT2D eigenvalue weighted by Gasteiger charge is 2.39. The molecule has 0 saturated heterocycles. The Labute approximate surface area is 171 Å². The third-order valence-electron chi connectivity index (χ3n) is 6.15. The van der Waals surface area contributed by atoms with Crippen molar-refractivity contribution in [2.75, 3.05) is 7.11 Å². The fraction of sp³-hybridized carbons (Fsp3) is 0.522. The van der Waals surface area contributed by atoms with Crippen molar-refractivity contribution in [1.82, 2.24) is 0 Å². The average Bonchev–Trinajstić information content (AvgIpc) is 2.72. The molecule has 1 aliphatic rings. The van der Waals surface area contributed by atoms with Gasteiger partial charge in [-0.3, -0.25) is 14.9 Å². The maximum atomic E-state index is 11.8. The molecule has 3 rings (SSSR count). The van der Waals surface area contributed by atoms with Crippen molar-refractivity contribution >= 4 is 16.7 Å². The van der Waals surface area contributed by atoms with Crippen molar-refractivity contribution in [1.29, 1.82) is 0 Å². The number of nitro groups is 1. The Balaban J connectivity index is 1.80. The molecule has 6 nitrogen and oxygen atoms in total. The number of carbonyl (C=O) groups excluding carboxylic acids is 1. The molecule has 1 atom stereocenters. The number of rotatable bonds is 7. The number of hydrogen-bond acceptors (Lipinski definition) is 5. The zero-order chi connectivity index (χ0) is 21.0. The second-order valence-electron chi connectivity index (χ2n) is 8.33. The first-order valence-corrected chi connectivity index (χ1v) is 10.2. The lowest BCUT2D eigenvalue weighted by Crippen LogP contribution is -2.32. The Morgan fingerprint density at radius 3 is 2.45 bits per heavy atom. The van der Waals surface area contributed by atoms with Gasteiger partial charge in [0.05, 0.1) is 19.6 Å². The van der Waals surface area contributed by atoms with E-state index in [2.05, 4.69) is 11.7 Å². The van der Waals surface area contributed by atoms with Gasteiger partial charge in [0.15, 0.2) is 0 Å². The number of methoxy groups -OCH3 is 1. The molecular weight excluding hydrogens is 370 g/mol. The molecule has 156 valence electrons. The molecule has 0 amide bonds. The van der Waals surface area contributed by atoms with Crippen LogP contribution >= 0.6 is 0 Å². The van der Waals surface area contributed by atoms with E-state index in [1.807, 2.05) is 30.3 Å². The summed E-state index contributed by atoms with van der Waals surface area (Å²) in [5, 5.41) is 13.7. The summed E-state index contributed by atoms with van der Waals surface area (Å²) in [7, 11) is 1.29. The SMILES string of the molecule is COC(=O)CCC(C)(c1ccc2cc(O[C@H]3CC[C@@H](C)CC3)ccc2c1)[N+](=O)[O-]. The van der Waals surface area contributed by atoms with Crippen molar-refractivity contribution < 1.29 is 19.2 Å². The summed E-state index contributed by atoms with van der Waals surface area (Å²) in [6, 6.07) is 11.4. The first kappa shape index (κ1) is 21.1. The molecule has 1 aliphatic carbocycles. The van der Waals surface area contributed by atoms with Crippen LogP contribution in [0.3, 0.4) is 0 Å². The van der Waals surface area contributed by atoms with Crippen molar-refractivity contribution in [2.45, 2.75) is 64.0 Å². The maximum Gasteiger partial charge on any atom is 0.305 e. The van der Waals surface area contributed by atoms with Gasteiger partial charge in [-0.1, -0.05) is 25.1 Å². The molecule has 6 heteroatoms. The Morgan fingerprint density at radius 2 is 1.79 bits per heavy atom. The third kappa shape index (κ3) is 4.86. The van der Waals surface area contributed by atoms with Gasteiger partial charge in [0.2, 0.25) is 5.54 Å². The van der Waals surface area contributed by atoms with Crippen LogP contribution in [0.4, 0.5) is 0 Å². The minimum absolute atomic E-state index is 0.00119. The molecule has 0 spiro atoms. The molecule has 2 aromatic carbocycles. The van der Waals surface area contributed by atoms with Crippen LogP contribution in [0, 0.1) is 16.0 Å². The van der Waals surface area contributed by atoms with Crippen molar-refractivity contribution in [3.8, 4) is 5.75 Å². The van der Waals surface area contributed by atoms with E-state index in [9.17, 15) is 14.9 Å². The van der Waals surface area contributed by atoms with Gasteiger partial charge >= 0.3 is 5.97 Å². The van der Waals surface area contributed by atoms with E-state index in [1.54, 1.807) is 13.0 Å². The van der Waals surface area contributed by atoms with E-state index in [4.69, 9.17) is 4.74 Å². The fourth-order valence-electron chi connectivity index (χ4n) is 3.96. The van der Waals surface area contributed by atoms with Crippen molar-refractivity contribution in [2.24, 2.45) is 5.92 Å². The summed E-state index contributed by atoms with van der Waals surface area (Å²) in [4.78, 5) is 23.0. The largest absolute Gasteiger partial charge is 0.490 e. The molecule has 0 heterocycles. The van der Waals surface area contributed by atoms with Crippen molar-refractivity contribution in [3.63, 3.8) is 0 Å². The minimum atomic E-state index is -1.35. The number of carbonyl (C=O) groups is 1. The predicted octanol–water partition coefficient (Wildman–Crippen LogP) is 5.24. The molecule has 0 bridgehead atoms. The lowest BCUT2D eigenvalue weighted by atomic mass is 9.86. The van der Waals surface area contributed by atoms with E-state index in [-0.39, 0.29) is 23.9 Å². The van der Waals surface area contributed by atoms with Crippen LogP contribution in [0.25, 0.3) is 10.8 Å². The Morgan fingerprint density at radius 1 is 1.14 bits per heavy atom. The number of nitrogens with zero attached hydrogens (tertiary/aromatic N) is 1. The Hall–Kier alpha value is -2.63. The molecule has 0 aromatic heterocycles. The van der Waals surface area contributed by atoms with Gasteiger partial charge in [-0.15, -0.1) is 0 Å². The van der Waals surface area contributed by atoms with E-state index in [1.165, 1.54) is 20.0 Å². The van der Waals surface area contributed by atoms with Crippen LogP contribution in [0.1, 0.15) is 57.9 Å². The summed E-state index contributed by atoms with van der Waals surface area (Å²) in [5.74, 6) is 1.17. The molecule has 0 aliphatic heterocycles. The topological polar surface area (TPSA) is 78.7 Å². The van der Waals surface area contributed by atoms with E-state index < -0.39 is 11.5 Å². The number of esters is 1. The highest BCUT2D eigenvalue weighted by Crippen LogP contribution is 2.34. The molecule has 0 radical (unpaired) electrons. The molecule has 29 heavy (non-hydrogen) atoms. The summed E-state index contributed by atoms with van der Waals surface area (Å²) in [6.45, 7) is 3.84. The normalized spacial score (nSPS) is 21.3. The van der Waals surface area contributed by atoms with Crippen molar-refractivity contribution in [3.05, 3.63) is 52.1 Å². The molecule has 0 N–H and O–H groups in total. The number of fused-ring (bicyclic) bond motifs is 1. The highest BCUT2D eigenvalue weighted by atomic mass is 16.6. The van der Waals surface area contributed by atoms with Crippen LogP contribution in [-0.2, 0) is 15.1 Å². The number of benzene rings is 2. The van der Waals surface area contributed by atoms with Gasteiger partial charge < -0.3 is 9.47 Å². The van der Waals surface area contributed by atoms with Gasteiger partial charge in [0, 0.05) is 23.8 Å². The van der Waals surface area contributed by atoms with Gasteiger partial charge in [0.25, 0.3) is 0 Å². The van der Waals surface area contributed by atoms with Crippen LogP contribution in [-0.4, -0.2) is 24.1 Å². The van der Waals surface area contributed by atoms with Crippen LogP contribution < -0.4 is 4.74 Å². The maximum absolute atomic E-state index is 11.8. The van der Waals surface area contributed by atoms with E-state index in [0.717, 1.165) is 35.3 Å². The highest BCUT2D eigenvalue weighted by molar-refractivity contribution is 5.84. The minimum Gasteiger partial charge on any atom is -0.490 e. The van der Waals surface area contributed by atoms with Crippen LogP contribution in [0.2, 0.25) is 0 Å². The fourth-order valence-corrected chi connectivity index (χ4v) is 3.96. The molecule has 1 unspecified atom stereocenters. The number of hydrogen-bond donors (Lipinski definition) is 0. The van der Waals surface area contributed by atoms with E-state index >= 15 is 0 Å². The molecule has 2 aromatic rings. The van der Waals surface area contributed by atoms with Gasteiger partial charge in [0.1, 0.15) is 5.75 Å². The first-order chi connectivity index (χ1) is 13.8. The quantitative estimate of drug-likeness (QED) is 0.361. The summed E-state index contributed by atoms with van der Waals surface area (Å²) < 4.78 is 10.8. The molecular formula is C23H29NO5. The summed E-state index contributed by atoms with van der Waals surface area (Å²) in [6.07, 6.45) is 4.91. The zero-order valence-electron chi connectivity index (χ0n) is 17.3. The van der Waals surface area contributed by atoms with Crippen LogP contribution in [0.5, 0.6) is 5.75 Å². The summed E-state index contributed by atoms with van der Waals surface area (Å²) in [5.41, 5.74) is -0.773. The Kier molecular flexibility index (Phi) is 6.40. The average molecular weight is 399 g/mol. The van der Waals surface area contributed by atoms with Crippen LogP contribution in [0.15, 0.2) is 36.4 Å². The van der Waals surface area contributed by atoms with E-state index in [0.29, 0.717) is 5.56 Å². The van der Waals surface area contributed by atoms with Gasteiger partial charge in [-0.05, 0) is 60.6 Å². The standard InChI is InChI=1S/C23H29NO5/c1-16-4-9-20(10-5-16)29-21-11-7-17-14-19(8-6-18(17)15-21)23(2,24(26)27)13-12-22(25)28-3/h6-8,11,14-16,20H,4-5,9-10,12-13H2,1-3H3/t16-,20+,23?. The zero-order valence-corrected chi connectivity index (χ0v) is 17.3. The smallest absolute Gasteiger partial charge is 0.305 e. The lowest BCUT2D eigenvalue weighted by Gasteiger charge is -2.27. The Bertz CT molecular complexity index is 888. The number of ether oxygens (including phenoxy) is 2. The molecule has 1 saturated carbocycles. The predicted molar refractivity (Wildman–Crippen MR) is 112 cm³/mol. The second kappa shape index (κ2) is 8.80. The first-order valence-electron chi connectivity index (χ1n) is 10.2. The van der Waals surface area contributed by atoms with Gasteiger partial charge in [-0.2, -0.15) is 0 Å². The second-order valence-corrected chi connectivity index (χ2v) is 8.33.